The normalized spacial score (nSPS) is 23.5. The van der Waals surface area contributed by atoms with Gasteiger partial charge in [-0.1, -0.05) is 38.5 Å². The number of carbonyl (C=O) groups excluding carboxylic acids is 7. The van der Waals surface area contributed by atoms with Crippen LogP contribution in [0.25, 0.3) is 10.9 Å². The van der Waals surface area contributed by atoms with E-state index in [4.69, 9.17) is 16.2 Å². The Kier molecular flexibility index (Phi) is 12.0. The first kappa shape index (κ1) is 34.5. The van der Waals surface area contributed by atoms with Crippen molar-refractivity contribution >= 4 is 52.3 Å². The van der Waals surface area contributed by atoms with Crippen LogP contribution in [-0.4, -0.2) is 89.8 Å². The van der Waals surface area contributed by atoms with Crippen LogP contribution in [0.15, 0.2) is 30.5 Å². The molecule has 2 aromatic rings. The Hall–Kier alpha value is -4.99. The second-order valence-electron chi connectivity index (χ2n) is 10.9. The zero-order chi connectivity index (χ0) is 33.3. The van der Waals surface area contributed by atoms with E-state index in [0.29, 0.717) is 6.42 Å². The lowest BCUT2D eigenvalue weighted by molar-refractivity contribution is -0.152. The summed E-state index contributed by atoms with van der Waals surface area (Å²) in [6, 6.07) is 2.13. The van der Waals surface area contributed by atoms with Gasteiger partial charge in [0.05, 0.1) is 19.0 Å². The Morgan fingerprint density at radius 2 is 1.73 bits per heavy atom. The van der Waals surface area contributed by atoms with E-state index in [0.717, 1.165) is 16.5 Å². The summed E-state index contributed by atoms with van der Waals surface area (Å²) < 4.78 is 5.34. The number of nitrogens with two attached hydrogens (primary N) is 2. The monoisotopic (exact) mass is 628 g/mol. The fraction of sp³-hybridized carbons (Fsp3) is 0.483. The Morgan fingerprint density at radius 1 is 1.02 bits per heavy atom. The number of benzene rings is 1. The van der Waals surface area contributed by atoms with E-state index in [1.807, 2.05) is 24.3 Å². The molecular formula is C29H40N8O8. The van der Waals surface area contributed by atoms with Crippen LogP contribution in [-0.2, 0) is 44.7 Å². The van der Waals surface area contributed by atoms with Crippen LogP contribution in [0.1, 0.15) is 39.2 Å². The number of primary amides is 1. The molecule has 6 atom stereocenters. The van der Waals surface area contributed by atoms with Gasteiger partial charge < -0.3 is 47.8 Å². The third-order valence-corrected chi connectivity index (χ3v) is 7.50. The van der Waals surface area contributed by atoms with Gasteiger partial charge in [-0.2, -0.15) is 0 Å². The fourth-order valence-corrected chi connectivity index (χ4v) is 4.74. The average molecular weight is 629 g/mol. The number of hydrogen-bond donors (Lipinski definition) is 8. The van der Waals surface area contributed by atoms with E-state index in [1.165, 1.54) is 6.92 Å². The van der Waals surface area contributed by atoms with Gasteiger partial charge in [0.1, 0.15) is 30.8 Å². The second kappa shape index (κ2) is 15.7. The zero-order valence-corrected chi connectivity index (χ0v) is 25.3. The van der Waals surface area contributed by atoms with Gasteiger partial charge >= 0.3 is 5.97 Å². The molecule has 45 heavy (non-hydrogen) atoms. The van der Waals surface area contributed by atoms with Crippen molar-refractivity contribution in [2.24, 2.45) is 17.4 Å². The lowest BCUT2D eigenvalue weighted by Gasteiger charge is -2.30. The molecule has 1 saturated heterocycles. The molecule has 0 saturated carbocycles. The van der Waals surface area contributed by atoms with Gasteiger partial charge in [0.2, 0.25) is 35.4 Å². The summed E-state index contributed by atoms with van der Waals surface area (Å²) in [4.78, 5) is 92.5. The summed E-state index contributed by atoms with van der Waals surface area (Å²) in [6.45, 7) is 3.61. The largest absolute Gasteiger partial charge is 0.459 e. The zero-order valence-electron chi connectivity index (χ0n) is 25.3. The van der Waals surface area contributed by atoms with Crippen molar-refractivity contribution in [2.75, 3.05) is 13.1 Å². The van der Waals surface area contributed by atoms with Gasteiger partial charge in [-0.3, -0.25) is 33.6 Å². The van der Waals surface area contributed by atoms with Gasteiger partial charge in [0.25, 0.3) is 0 Å². The molecule has 1 aromatic heterocycles. The minimum atomic E-state index is -1.51. The predicted octanol–water partition coefficient (Wildman–Crippen LogP) is -2.41. The molecule has 1 aliphatic rings. The molecule has 1 fully saturated rings. The van der Waals surface area contributed by atoms with Crippen LogP contribution in [0.4, 0.5) is 0 Å². The van der Waals surface area contributed by atoms with Crippen molar-refractivity contribution in [1.29, 1.82) is 0 Å². The molecule has 0 aliphatic carbocycles. The molecule has 0 bridgehead atoms. The molecule has 1 aliphatic heterocycles. The maximum Gasteiger partial charge on any atom is 0.325 e. The third-order valence-electron chi connectivity index (χ3n) is 7.50. The van der Waals surface area contributed by atoms with E-state index >= 15 is 0 Å². The number of cyclic esters (lactones) is 1. The highest BCUT2D eigenvalue weighted by Crippen LogP contribution is 2.19. The molecule has 0 spiro atoms. The number of aromatic amines is 1. The van der Waals surface area contributed by atoms with Gasteiger partial charge in [0.15, 0.2) is 0 Å². The minimum Gasteiger partial charge on any atom is -0.459 e. The number of amides is 6. The van der Waals surface area contributed by atoms with Crippen molar-refractivity contribution in [2.45, 2.75) is 70.3 Å². The summed E-state index contributed by atoms with van der Waals surface area (Å²) in [5, 5.41) is 12.9. The standard InChI is InChI=1S/C29H40N8O8/c1-4-14(2)24-28(43)35-20(10-21(31)38)27(42)34-12-22(39)33-13-23(40)45-15(3)25(29(44)36-24)37-26(41)18(30)9-16-11-32-19-8-6-5-7-17(16)19/h5-8,11,14-15,18,20,24-25,32H,4,9-10,12-13,30H2,1-3H3,(H2,31,38)(H,33,39)(H,34,42)(H,35,43)(H,36,44)(H,37,41)/t14-,15+,18-,20-,24-,25?/m0/s1. The van der Waals surface area contributed by atoms with Crippen LogP contribution >= 0.6 is 0 Å². The Bertz CT molecular complexity index is 1440. The topological polar surface area (TPSA) is 257 Å². The van der Waals surface area contributed by atoms with Crippen LogP contribution in [0.5, 0.6) is 0 Å². The smallest absolute Gasteiger partial charge is 0.325 e. The number of nitrogens with one attached hydrogen (secondary N) is 6. The molecule has 244 valence electrons. The van der Waals surface area contributed by atoms with E-state index in [1.54, 1.807) is 20.0 Å². The highest BCUT2D eigenvalue weighted by Gasteiger charge is 2.36. The Balaban J connectivity index is 1.89. The second-order valence-corrected chi connectivity index (χ2v) is 10.9. The first-order chi connectivity index (χ1) is 21.3. The van der Waals surface area contributed by atoms with Crippen LogP contribution in [0.2, 0.25) is 0 Å². The lowest BCUT2D eigenvalue weighted by Crippen LogP contribution is -2.62. The number of H-pyrrole nitrogens is 1. The highest BCUT2D eigenvalue weighted by molar-refractivity contribution is 5.97. The van der Waals surface area contributed by atoms with E-state index < -0.39 is 97.1 Å². The summed E-state index contributed by atoms with van der Waals surface area (Å²) >= 11 is 0. The quantitative estimate of drug-likeness (QED) is 0.145. The number of esters is 1. The first-order valence-electron chi connectivity index (χ1n) is 14.5. The van der Waals surface area contributed by atoms with Crippen molar-refractivity contribution in [3.05, 3.63) is 36.0 Å². The minimum absolute atomic E-state index is 0.117. The number of fused-ring (bicyclic) bond motifs is 1. The number of para-hydroxylation sites is 1. The molecule has 16 nitrogen and oxygen atoms in total. The number of carbonyl (C=O) groups is 7. The van der Waals surface area contributed by atoms with Gasteiger partial charge in [-0.25, -0.2) is 0 Å². The third kappa shape index (κ3) is 9.50. The van der Waals surface area contributed by atoms with Gasteiger partial charge in [-0.05, 0) is 30.9 Å². The van der Waals surface area contributed by atoms with E-state index in [9.17, 15) is 33.6 Å². The van der Waals surface area contributed by atoms with E-state index in [-0.39, 0.29) is 6.42 Å². The van der Waals surface area contributed by atoms with Crippen LogP contribution in [0, 0.1) is 5.92 Å². The van der Waals surface area contributed by atoms with Crippen molar-refractivity contribution < 1.29 is 38.3 Å². The summed E-state index contributed by atoms with van der Waals surface area (Å²) in [7, 11) is 0. The van der Waals surface area contributed by atoms with Gasteiger partial charge in [0, 0.05) is 17.1 Å². The molecule has 6 amide bonds. The van der Waals surface area contributed by atoms with Crippen molar-refractivity contribution in [1.82, 2.24) is 31.6 Å². The Morgan fingerprint density at radius 3 is 2.42 bits per heavy atom. The molecule has 10 N–H and O–H groups in total. The van der Waals surface area contributed by atoms with Crippen LogP contribution in [0.3, 0.4) is 0 Å². The van der Waals surface area contributed by atoms with Gasteiger partial charge in [-0.15, -0.1) is 0 Å². The highest BCUT2D eigenvalue weighted by atomic mass is 16.5. The number of rotatable bonds is 8. The van der Waals surface area contributed by atoms with Crippen LogP contribution < -0.4 is 38.1 Å². The molecule has 2 heterocycles. The van der Waals surface area contributed by atoms with Crippen molar-refractivity contribution in [3.63, 3.8) is 0 Å². The molecule has 3 rings (SSSR count). The molecular weight excluding hydrogens is 588 g/mol. The van der Waals surface area contributed by atoms with Crippen molar-refractivity contribution in [3.8, 4) is 0 Å². The number of ether oxygens (including phenoxy) is 1. The SMILES string of the molecule is CC[C@H](C)[C@@H]1NC(=O)C(NC(=O)[C@@H](N)Cc2c[nH]c3ccccc23)[C@@H](C)OC(=O)CNC(=O)CNC(=O)[C@H](CC(N)=O)NC1=O. The number of aromatic nitrogens is 1. The first-order valence-corrected chi connectivity index (χ1v) is 14.5. The lowest BCUT2D eigenvalue weighted by atomic mass is 9.96. The van der Waals surface area contributed by atoms with E-state index in [2.05, 4.69) is 31.6 Å². The molecule has 1 aromatic carbocycles. The summed E-state index contributed by atoms with van der Waals surface area (Å²) in [6.07, 6.45) is 0.399. The molecule has 0 radical (unpaired) electrons. The Labute approximate surface area is 259 Å². The summed E-state index contributed by atoms with van der Waals surface area (Å²) in [5.41, 5.74) is 13.1. The number of hydrogen-bond acceptors (Lipinski definition) is 9. The maximum atomic E-state index is 13.7. The predicted molar refractivity (Wildman–Crippen MR) is 161 cm³/mol. The summed E-state index contributed by atoms with van der Waals surface area (Å²) in [5.74, 6) is -6.41. The maximum absolute atomic E-state index is 13.7. The molecule has 16 heteroatoms. The average Bonchev–Trinajstić information content (AvgIpc) is 3.40. The molecule has 1 unspecified atom stereocenters. The fourth-order valence-electron chi connectivity index (χ4n) is 4.74.